The third kappa shape index (κ3) is 11.4. The summed E-state index contributed by atoms with van der Waals surface area (Å²) in [6, 6.07) is 0.661. The van der Waals surface area contributed by atoms with Crippen LogP contribution < -0.4 is 0 Å². The van der Waals surface area contributed by atoms with Gasteiger partial charge in [0.2, 0.25) is 0 Å². The van der Waals surface area contributed by atoms with Crippen molar-refractivity contribution in [2.24, 2.45) is 0 Å². The molecular formula is C15H29O4Si. The van der Waals surface area contributed by atoms with Gasteiger partial charge >= 0.3 is 8.56 Å². The lowest BCUT2D eigenvalue weighted by atomic mass is 10.4. The summed E-state index contributed by atoms with van der Waals surface area (Å²) in [6.07, 6.45) is 0. The third-order valence-electron chi connectivity index (χ3n) is 2.42. The zero-order valence-electron chi connectivity index (χ0n) is 13.2. The summed E-state index contributed by atoms with van der Waals surface area (Å²) in [4.78, 5) is 0. The molecule has 0 aliphatic heterocycles. The predicted molar refractivity (Wildman–Crippen MR) is 85.0 cm³/mol. The van der Waals surface area contributed by atoms with E-state index in [-0.39, 0.29) is 0 Å². The molecule has 0 aromatic carbocycles. The van der Waals surface area contributed by atoms with Crippen molar-refractivity contribution in [1.29, 1.82) is 0 Å². The smallest absolute Gasteiger partial charge is 0.335 e. The van der Waals surface area contributed by atoms with Crippen LogP contribution in [0.15, 0.2) is 24.3 Å². The van der Waals surface area contributed by atoms with Crippen molar-refractivity contribution in [1.82, 2.24) is 0 Å². The second kappa shape index (κ2) is 11.2. The molecule has 0 rings (SSSR count). The van der Waals surface area contributed by atoms with Gasteiger partial charge in [0.25, 0.3) is 0 Å². The highest BCUT2D eigenvalue weighted by molar-refractivity contribution is 6.66. The Hall–Kier alpha value is -0.463. The standard InChI is InChI=1S/C15H29O4Si/c1-7-20(6,18-10-8-16-12-14(2)3)19-11-9-17-13-15(4)5/h1-2,4,7-13H2,3,5-6H3. The van der Waals surface area contributed by atoms with E-state index in [1.807, 2.05) is 20.4 Å². The fourth-order valence-corrected chi connectivity index (χ4v) is 2.71. The van der Waals surface area contributed by atoms with Gasteiger partial charge in [-0.25, -0.2) is 0 Å². The maximum Gasteiger partial charge on any atom is 0.335 e. The fourth-order valence-electron chi connectivity index (χ4n) is 1.31. The molecule has 0 saturated carbocycles. The Kier molecular flexibility index (Phi) is 11.0. The Bertz CT molecular complexity index is 268. The van der Waals surface area contributed by atoms with Gasteiger partial charge in [-0.1, -0.05) is 31.2 Å². The highest BCUT2D eigenvalue weighted by atomic mass is 28.4. The van der Waals surface area contributed by atoms with E-state index in [9.17, 15) is 0 Å². The van der Waals surface area contributed by atoms with Crippen molar-refractivity contribution in [2.45, 2.75) is 26.4 Å². The molecule has 0 amide bonds. The van der Waals surface area contributed by atoms with Gasteiger partial charge in [0.1, 0.15) is 0 Å². The Labute approximate surface area is 125 Å². The first kappa shape index (κ1) is 19.5. The average Bonchev–Trinajstić information content (AvgIpc) is 2.37. The van der Waals surface area contributed by atoms with E-state index in [1.165, 1.54) is 0 Å². The van der Waals surface area contributed by atoms with Crippen LogP contribution >= 0.6 is 0 Å². The van der Waals surface area contributed by atoms with E-state index < -0.39 is 8.56 Å². The van der Waals surface area contributed by atoms with E-state index in [0.29, 0.717) is 45.7 Å². The zero-order valence-corrected chi connectivity index (χ0v) is 14.2. The summed E-state index contributed by atoms with van der Waals surface area (Å²) < 4.78 is 22.4. The molecule has 0 fully saturated rings. The first-order valence-electron chi connectivity index (χ1n) is 6.91. The highest BCUT2D eigenvalue weighted by Crippen LogP contribution is 2.12. The molecule has 0 N–H and O–H groups in total. The van der Waals surface area contributed by atoms with Crippen LogP contribution in [0.25, 0.3) is 0 Å². The largest absolute Gasteiger partial charge is 0.392 e. The molecule has 0 aromatic heterocycles. The molecular weight excluding hydrogens is 272 g/mol. The molecule has 20 heavy (non-hydrogen) atoms. The van der Waals surface area contributed by atoms with Crippen LogP contribution in [0.5, 0.6) is 0 Å². The molecule has 0 heterocycles. The molecule has 5 heteroatoms. The molecule has 0 aliphatic carbocycles. The maximum atomic E-state index is 5.81. The molecule has 4 nitrogen and oxygen atoms in total. The Morgan fingerprint density at radius 3 is 1.55 bits per heavy atom. The Morgan fingerprint density at radius 1 is 0.850 bits per heavy atom. The first-order chi connectivity index (χ1) is 9.39. The van der Waals surface area contributed by atoms with Crippen molar-refractivity contribution in [3.05, 3.63) is 31.2 Å². The second-order valence-corrected chi connectivity index (χ2v) is 8.45. The van der Waals surface area contributed by atoms with E-state index >= 15 is 0 Å². The normalized spacial score (nSPS) is 11.6. The van der Waals surface area contributed by atoms with Crippen LogP contribution in [0.2, 0.25) is 12.6 Å². The van der Waals surface area contributed by atoms with Crippen molar-refractivity contribution in [3.8, 4) is 0 Å². The summed E-state index contributed by atoms with van der Waals surface area (Å²) in [5, 5.41) is 0. The average molecular weight is 301 g/mol. The summed E-state index contributed by atoms with van der Waals surface area (Å²) in [5.74, 6) is 0. The van der Waals surface area contributed by atoms with Crippen LogP contribution in [0, 0.1) is 6.92 Å². The van der Waals surface area contributed by atoms with Crippen molar-refractivity contribution < 1.29 is 18.3 Å². The van der Waals surface area contributed by atoms with Gasteiger partial charge in [-0.15, -0.1) is 0 Å². The predicted octanol–water partition coefficient (Wildman–Crippen LogP) is 3.11. The van der Waals surface area contributed by atoms with Crippen molar-refractivity contribution in [3.63, 3.8) is 0 Å². The molecule has 117 valence electrons. The lowest BCUT2D eigenvalue weighted by Crippen LogP contribution is -2.40. The molecule has 1 radical (unpaired) electrons. The minimum absolute atomic E-state index is 0.526. The van der Waals surface area contributed by atoms with E-state index in [0.717, 1.165) is 11.1 Å². The lowest BCUT2D eigenvalue weighted by Gasteiger charge is -2.25. The SMILES string of the molecule is [CH2]C[Si](C)(OCCOCC(=C)C)OCCOCC(=C)C. The number of hydrogen-bond acceptors (Lipinski definition) is 4. The Balaban J connectivity index is 3.72. The molecule has 0 spiro atoms. The quantitative estimate of drug-likeness (QED) is 0.297. The van der Waals surface area contributed by atoms with Gasteiger partial charge in [-0.3, -0.25) is 0 Å². The van der Waals surface area contributed by atoms with Crippen molar-refractivity contribution >= 4 is 8.56 Å². The van der Waals surface area contributed by atoms with Gasteiger partial charge in [0, 0.05) is 0 Å². The molecule has 0 aromatic rings. The third-order valence-corrected chi connectivity index (χ3v) is 4.96. The van der Waals surface area contributed by atoms with Crippen molar-refractivity contribution in [2.75, 3.05) is 39.6 Å². The summed E-state index contributed by atoms with van der Waals surface area (Å²) in [7, 11) is -2.19. The minimum Gasteiger partial charge on any atom is -0.392 e. The first-order valence-corrected chi connectivity index (χ1v) is 9.43. The van der Waals surface area contributed by atoms with E-state index in [1.54, 1.807) is 0 Å². The summed E-state index contributed by atoms with van der Waals surface area (Å²) >= 11 is 0. The summed E-state index contributed by atoms with van der Waals surface area (Å²) in [6.45, 7) is 20.6. The molecule has 0 bridgehead atoms. The maximum absolute atomic E-state index is 5.81. The highest BCUT2D eigenvalue weighted by Gasteiger charge is 2.28. The minimum atomic E-state index is -2.19. The van der Waals surface area contributed by atoms with E-state index in [2.05, 4.69) is 20.1 Å². The van der Waals surface area contributed by atoms with Crippen LogP contribution in [-0.2, 0) is 18.3 Å². The number of rotatable bonds is 13. The van der Waals surface area contributed by atoms with Crippen LogP contribution in [0.3, 0.4) is 0 Å². The Morgan fingerprint density at radius 2 is 1.25 bits per heavy atom. The lowest BCUT2D eigenvalue weighted by molar-refractivity contribution is 0.0715. The second-order valence-electron chi connectivity index (χ2n) is 5.10. The van der Waals surface area contributed by atoms with Gasteiger partial charge in [-0.05, 0) is 26.4 Å². The molecule has 0 unspecified atom stereocenters. The molecule has 0 saturated heterocycles. The number of hydrogen-bond donors (Lipinski definition) is 0. The zero-order chi connectivity index (χ0) is 15.4. The van der Waals surface area contributed by atoms with E-state index in [4.69, 9.17) is 18.3 Å². The van der Waals surface area contributed by atoms with Gasteiger partial charge in [-0.2, -0.15) is 0 Å². The monoisotopic (exact) mass is 301 g/mol. The van der Waals surface area contributed by atoms with Crippen LogP contribution in [-0.4, -0.2) is 48.2 Å². The van der Waals surface area contributed by atoms with Gasteiger partial charge < -0.3 is 18.3 Å². The topological polar surface area (TPSA) is 36.9 Å². The van der Waals surface area contributed by atoms with Crippen LogP contribution in [0.4, 0.5) is 0 Å². The number of ether oxygens (including phenoxy) is 2. The van der Waals surface area contributed by atoms with Crippen LogP contribution in [0.1, 0.15) is 13.8 Å². The van der Waals surface area contributed by atoms with Gasteiger partial charge in [0.05, 0.1) is 39.6 Å². The molecule has 0 aliphatic rings. The van der Waals surface area contributed by atoms with Gasteiger partial charge in [0.15, 0.2) is 0 Å². The molecule has 0 atom stereocenters. The summed E-state index contributed by atoms with van der Waals surface area (Å²) in [5.41, 5.74) is 2.01. The fraction of sp³-hybridized carbons (Fsp3) is 0.667.